The van der Waals surface area contributed by atoms with E-state index in [-0.39, 0.29) is 6.85 Å². The van der Waals surface area contributed by atoms with Crippen LogP contribution in [0, 0.1) is 0 Å². The first-order valence-corrected chi connectivity index (χ1v) is 17.3. The fourth-order valence-electron chi connectivity index (χ4n) is 7.49. The number of hydrogen-bond acceptors (Lipinski definition) is 6. The highest BCUT2D eigenvalue weighted by Crippen LogP contribution is 2.41. The van der Waals surface area contributed by atoms with E-state index in [0.29, 0.717) is 17.5 Å². The molecule has 6 nitrogen and oxygen atoms in total. The predicted molar refractivity (Wildman–Crippen MR) is 212 cm³/mol. The molecule has 0 N–H and O–H groups in total. The van der Waals surface area contributed by atoms with Crippen molar-refractivity contribution in [3.8, 4) is 56.4 Å². The van der Waals surface area contributed by atoms with Crippen LogP contribution in [0.15, 0.2) is 176 Å². The van der Waals surface area contributed by atoms with E-state index in [4.69, 9.17) is 15.0 Å². The summed E-state index contributed by atoms with van der Waals surface area (Å²) in [6, 6.07) is 46.8. The molecule has 0 radical (unpaired) electrons. The first-order valence-electron chi connectivity index (χ1n) is 17.3. The number of para-hydroxylation sites is 1. The Morgan fingerprint density at radius 3 is 1.90 bits per heavy atom. The summed E-state index contributed by atoms with van der Waals surface area (Å²) < 4.78 is 0. The van der Waals surface area contributed by atoms with Crippen molar-refractivity contribution in [1.82, 2.24) is 24.9 Å². The Hall–Kier alpha value is -6.99. The van der Waals surface area contributed by atoms with Crippen molar-refractivity contribution in [2.45, 2.75) is 0 Å². The Kier molecular flexibility index (Phi) is 7.13. The Labute approximate surface area is 301 Å². The Morgan fingerprint density at radius 2 is 1.13 bits per heavy atom. The Balaban J connectivity index is 1.17. The van der Waals surface area contributed by atoms with Crippen LogP contribution in [0.1, 0.15) is 5.56 Å². The monoisotopic (exact) mass is 664 g/mol. The number of fused-ring (bicyclic) bond motifs is 7. The van der Waals surface area contributed by atoms with Gasteiger partial charge in [-0.25, -0.2) is 15.0 Å². The van der Waals surface area contributed by atoms with Crippen LogP contribution in [-0.2, 0) is 0 Å². The molecule has 0 aliphatic carbocycles. The van der Waals surface area contributed by atoms with Gasteiger partial charge in [0, 0.05) is 52.7 Å². The third-order valence-electron chi connectivity index (χ3n) is 9.93. The van der Waals surface area contributed by atoms with Crippen LogP contribution in [0.5, 0.6) is 0 Å². The van der Waals surface area contributed by atoms with E-state index >= 15 is 0 Å². The van der Waals surface area contributed by atoms with Crippen molar-refractivity contribution >= 4 is 34.3 Å². The van der Waals surface area contributed by atoms with Gasteiger partial charge in [0.05, 0.1) is 0 Å². The highest BCUT2D eigenvalue weighted by Gasteiger charge is 2.34. The lowest BCUT2D eigenvalue weighted by atomic mass is 9.49. The number of anilines is 1. The smallest absolute Gasteiger partial charge is 0.320 e. The van der Waals surface area contributed by atoms with E-state index < -0.39 is 0 Å². The first-order chi connectivity index (χ1) is 25.8. The number of pyridine rings is 2. The van der Waals surface area contributed by atoms with Crippen molar-refractivity contribution in [3.63, 3.8) is 0 Å². The summed E-state index contributed by atoms with van der Waals surface area (Å²) >= 11 is 0. The van der Waals surface area contributed by atoms with Crippen molar-refractivity contribution in [3.05, 3.63) is 182 Å². The summed E-state index contributed by atoms with van der Waals surface area (Å²) in [6.45, 7) is 0.108. The molecule has 10 rings (SSSR count). The number of rotatable bonds is 5. The minimum absolute atomic E-state index is 0.108. The van der Waals surface area contributed by atoms with Gasteiger partial charge in [-0.15, -0.1) is 0 Å². The molecule has 52 heavy (non-hydrogen) atoms. The minimum Gasteiger partial charge on any atom is -0.382 e. The van der Waals surface area contributed by atoms with E-state index in [2.05, 4.69) is 142 Å². The van der Waals surface area contributed by atoms with Crippen LogP contribution < -0.4 is 10.3 Å². The second-order valence-electron chi connectivity index (χ2n) is 13.0. The molecule has 0 fully saturated rings. The third-order valence-corrected chi connectivity index (χ3v) is 9.93. The average molecular weight is 665 g/mol. The van der Waals surface area contributed by atoms with Crippen LogP contribution in [-0.4, -0.2) is 31.8 Å². The van der Waals surface area contributed by atoms with Crippen LogP contribution in [0.2, 0.25) is 0 Å². The van der Waals surface area contributed by atoms with Gasteiger partial charge in [-0.05, 0) is 86.7 Å². The second-order valence-corrected chi connectivity index (χ2v) is 13.0. The highest BCUT2D eigenvalue weighted by atomic mass is 15.1. The largest absolute Gasteiger partial charge is 0.382 e. The minimum atomic E-state index is 0.108. The molecular formula is C45H29BN6. The van der Waals surface area contributed by atoms with Crippen molar-refractivity contribution < 1.29 is 0 Å². The summed E-state index contributed by atoms with van der Waals surface area (Å²) in [4.78, 5) is 26.0. The number of allylic oxidation sites excluding steroid dienone is 2. The lowest BCUT2D eigenvalue weighted by Gasteiger charge is -2.37. The summed E-state index contributed by atoms with van der Waals surface area (Å²) in [5.41, 5.74) is 12.1. The normalized spacial score (nSPS) is 13.0. The van der Waals surface area contributed by atoms with Crippen LogP contribution in [0.25, 0.3) is 72.8 Å². The lowest BCUT2D eigenvalue weighted by molar-refractivity contribution is 1.07. The van der Waals surface area contributed by atoms with Gasteiger partial charge < -0.3 is 4.81 Å². The van der Waals surface area contributed by atoms with Gasteiger partial charge in [0.25, 0.3) is 0 Å². The zero-order valence-corrected chi connectivity index (χ0v) is 28.0. The molecule has 2 aliphatic rings. The zero-order chi connectivity index (χ0) is 34.4. The molecule has 0 atom stereocenters. The number of aromatic nitrogens is 5. The van der Waals surface area contributed by atoms with Gasteiger partial charge in [0.15, 0.2) is 17.5 Å². The Morgan fingerprint density at radius 1 is 0.481 bits per heavy atom. The number of nitrogens with zero attached hydrogens (tertiary/aromatic N) is 6. The zero-order valence-electron chi connectivity index (χ0n) is 28.0. The molecule has 0 unspecified atom stereocenters. The van der Waals surface area contributed by atoms with Crippen molar-refractivity contribution in [1.29, 1.82) is 0 Å². The van der Waals surface area contributed by atoms with Gasteiger partial charge in [-0.1, -0.05) is 109 Å². The lowest BCUT2D eigenvalue weighted by Crippen LogP contribution is -2.49. The highest BCUT2D eigenvalue weighted by molar-refractivity contribution is 6.84. The molecule has 8 aromatic rings. The molecule has 0 saturated heterocycles. The molecule has 0 amide bonds. The molecule has 5 aromatic carbocycles. The SMILES string of the molecule is C1=CC(c2ccc(-c3nc(-c4cccnc4)nc(-c4cccnc4)n3)cc2-c2cccc3ccccc23)=CN2B1c1ccccc1-c1ccccc12. The van der Waals surface area contributed by atoms with E-state index in [1.807, 2.05) is 24.3 Å². The molecule has 7 heteroatoms. The van der Waals surface area contributed by atoms with Crippen molar-refractivity contribution in [2.75, 3.05) is 4.81 Å². The molecule has 0 saturated carbocycles. The van der Waals surface area contributed by atoms with E-state index in [9.17, 15) is 0 Å². The molecule has 242 valence electrons. The Bertz CT molecular complexity index is 2650. The maximum Gasteiger partial charge on any atom is 0.320 e. The number of hydrogen-bond donors (Lipinski definition) is 0. The first kappa shape index (κ1) is 29.9. The van der Waals surface area contributed by atoms with Crippen molar-refractivity contribution in [2.24, 2.45) is 0 Å². The summed E-state index contributed by atoms with van der Waals surface area (Å²) in [5, 5.41) is 2.37. The quantitative estimate of drug-likeness (QED) is 0.171. The van der Waals surface area contributed by atoms with E-state index in [0.717, 1.165) is 39.0 Å². The summed E-state index contributed by atoms with van der Waals surface area (Å²) in [5.74, 6) is 4.02. The predicted octanol–water partition coefficient (Wildman–Crippen LogP) is 9.32. The summed E-state index contributed by atoms with van der Waals surface area (Å²) in [6.07, 6.45) is 11.7. The molecule has 0 bridgehead atoms. The third kappa shape index (κ3) is 5.10. The van der Waals surface area contributed by atoms with Crippen LogP contribution in [0.3, 0.4) is 0 Å². The maximum absolute atomic E-state index is 5.02. The standard InChI is InChI=1S/C45H29BN6/c1-2-14-35-30(10-1)11-7-17-37(35)40-26-31(43-49-44(32-12-8-24-47-27-32)51-45(50-43)33-13-9-25-48-28-33)20-21-36(40)34-22-23-46-41-18-5-3-15-38(41)39-16-4-6-19-42(39)52(46)29-34/h1-29H. The van der Waals surface area contributed by atoms with Gasteiger partial charge in [-0.2, -0.15) is 0 Å². The van der Waals surface area contributed by atoms with Gasteiger partial charge in [0.1, 0.15) is 0 Å². The number of benzene rings is 5. The molecule has 5 heterocycles. The van der Waals surface area contributed by atoms with Crippen LogP contribution in [0.4, 0.5) is 5.69 Å². The van der Waals surface area contributed by atoms with E-state index in [1.165, 1.54) is 33.0 Å². The van der Waals surface area contributed by atoms with Crippen LogP contribution >= 0.6 is 0 Å². The van der Waals surface area contributed by atoms with Gasteiger partial charge in [0.2, 0.25) is 0 Å². The fraction of sp³-hybridized carbons (Fsp3) is 0. The van der Waals surface area contributed by atoms with Gasteiger partial charge in [-0.3, -0.25) is 9.97 Å². The van der Waals surface area contributed by atoms with Gasteiger partial charge >= 0.3 is 6.85 Å². The maximum atomic E-state index is 5.02. The molecule has 2 aliphatic heterocycles. The topological polar surface area (TPSA) is 67.7 Å². The fourth-order valence-corrected chi connectivity index (χ4v) is 7.49. The summed E-state index contributed by atoms with van der Waals surface area (Å²) in [7, 11) is 0. The molecule has 3 aromatic heterocycles. The molecular weight excluding hydrogens is 635 g/mol. The molecule has 0 spiro atoms. The van der Waals surface area contributed by atoms with E-state index in [1.54, 1.807) is 24.8 Å². The average Bonchev–Trinajstić information content (AvgIpc) is 3.23. The second kappa shape index (κ2) is 12.4.